The van der Waals surface area contributed by atoms with E-state index in [1.54, 1.807) is 7.11 Å². The number of hydrogen-bond acceptors (Lipinski definition) is 1. The van der Waals surface area contributed by atoms with Crippen molar-refractivity contribution < 1.29 is 4.74 Å². The molecule has 0 fully saturated rings. The van der Waals surface area contributed by atoms with E-state index in [0.29, 0.717) is 33.6 Å². The Morgan fingerprint density at radius 1 is 0.652 bits per heavy atom. The Hall–Kier alpha value is -1.50. The number of benzene rings is 3. The molecular weight excluding hydrogens is 414 g/mol. The van der Waals surface area contributed by atoms with Gasteiger partial charge in [-0.05, 0) is 0 Å². The van der Waals surface area contributed by atoms with Crippen molar-refractivity contribution in [2.24, 2.45) is 0 Å². The van der Waals surface area contributed by atoms with Crippen molar-refractivity contribution >= 4 is 38.8 Å². The van der Waals surface area contributed by atoms with Crippen molar-refractivity contribution in [2.45, 2.75) is 3.71 Å². The summed E-state index contributed by atoms with van der Waals surface area (Å²) in [6.07, 6.45) is 0. The van der Waals surface area contributed by atoms with E-state index in [4.69, 9.17) is 4.74 Å². The molecule has 0 saturated heterocycles. The van der Waals surface area contributed by atoms with Crippen LogP contribution in [0.4, 0.5) is 0 Å². The van der Waals surface area contributed by atoms with Crippen LogP contribution in [-0.4, -0.2) is 37.0 Å². The number of methoxy groups -OCH3 is 1. The van der Waals surface area contributed by atoms with E-state index in [9.17, 15) is 0 Å². The second-order valence-electron chi connectivity index (χ2n) is 4.94. The first kappa shape index (κ1) is 16.4. The van der Waals surface area contributed by atoms with Crippen LogP contribution in [0.1, 0.15) is 9.28 Å². The second kappa shape index (κ2) is 8.38. The summed E-state index contributed by atoms with van der Waals surface area (Å²) in [4.78, 5) is 0. The maximum atomic E-state index is 5.62. The van der Waals surface area contributed by atoms with Crippen molar-refractivity contribution in [1.29, 1.82) is 0 Å². The van der Waals surface area contributed by atoms with E-state index in [1.807, 2.05) is 6.07 Å². The molecule has 116 valence electrons. The summed E-state index contributed by atoms with van der Waals surface area (Å²) >= 11 is 0.761. The summed E-state index contributed by atoms with van der Waals surface area (Å²) < 4.78 is 9.02. The van der Waals surface area contributed by atoms with Crippen LogP contribution in [0.2, 0.25) is 0 Å². The normalized spacial score (nSPS) is 10.7. The average molecular weight is 432 g/mol. The Labute approximate surface area is 150 Å². The molecule has 0 bridgehead atoms. The third kappa shape index (κ3) is 4.50. The average Bonchev–Trinajstić information content (AvgIpc) is 2.63. The Balaban J connectivity index is 1.92. The van der Waals surface area contributed by atoms with Gasteiger partial charge in [0.1, 0.15) is 0 Å². The molecule has 0 amide bonds. The quantitative estimate of drug-likeness (QED) is 0.545. The third-order valence-electron chi connectivity index (χ3n) is 3.37. The SMILES string of the molecule is COc1ccccc1C([Se]c1ccccc1)[Se]c1ccccc1. The molecular formula is C20H18OSe2. The fourth-order valence-corrected chi connectivity index (χ4v) is 9.01. The zero-order chi connectivity index (χ0) is 15.9. The Morgan fingerprint density at radius 3 is 1.65 bits per heavy atom. The van der Waals surface area contributed by atoms with Crippen LogP contribution in [0, 0.1) is 0 Å². The van der Waals surface area contributed by atoms with Crippen molar-refractivity contribution in [3.63, 3.8) is 0 Å². The number of hydrogen-bond donors (Lipinski definition) is 0. The molecule has 1 nitrogen and oxygen atoms in total. The van der Waals surface area contributed by atoms with Crippen LogP contribution in [-0.2, 0) is 0 Å². The van der Waals surface area contributed by atoms with Crippen LogP contribution in [0.25, 0.3) is 0 Å². The van der Waals surface area contributed by atoms with Gasteiger partial charge in [-0.2, -0.15) is 0 Å². The van der Waals surface area contributed by atoms with E-state index in [1.165, 1.54) is 14.5 Å². The van der Waals surface area contributed by atoms with Crippen LogP contribution in [0.5, 0.6) is 5.75 Å². The van der Waals surface area contributed by atoms with Crippen molar-refractivity contribution in [1.82, 2.24) is 0 Å². The fraction of sp³-hybridized carbons (Fsp3) is 0.100. The topological polar surface area (TPSA) is 9.23 Å². The minimum atomic E-state index is 0.381. The number of para-hydroxylation sites is 1. The fourth-order valence-electron chi connectivity index (χ4n) is 2.26. The van der Waals surface area contributed by atoms with Gasteiger partial charge in [0, 0.05) is 0 Å². The van der Waals surface area contributed by atoms with Gasteiger partial charge in [0.05, 0.1) is 0 Å². The van der Waals surface area contributed by atoms with Gasteiger partial charge in [0.25, 0.3) is 0 Å². The predicted molar refractivity (Wildman–Crippen MR) is 99.4 cm³/mol. The van der Waals surface area contributed by atoms with E-state index >= 15 is 0 Å². The van der Waals surface area contributed by atoms with E-state index in [-0.39, 0.29) is 0 Å². The summed E-state index contributed by atoms with van der Waals surface area (Å²) in [7, 11) is 1.76. The zero-order valence-corrected chi connectivity index (χ0v) is 16.3. The Bertz CT molecular complexity index is 687. The molecule has 0 heterocycles. The van der Waals surface area contributed by atoms with Crippen LogP contribution >= 0.6 is 0 Å². The van der Waals surface area contributed by atoms with Gasteiger partial charge in [-0.25, -0.2) is 0 Å². The van der Waals surface area contributed by atoms with Crippen molar-refractivity contribution in [3.8, 4) is 5.75 Å². The van der Waals surface area contributed by atoms with Gasteiger partial charge in [0.15, 0.2) is 0 Å². The molecule has 0 N–H and O–H groups in total. The van der Waals surface area contributed by atoms with Crippen LogP contribution in [0.15, 0.2) is 84.9 Å². The number of ether oxygens (including phenoxy) is 1. The van der Waals surface area contributed by atoms with Crippen LogP contribution < -0.4 is 13.7 Å². The van der Waals surface area contributed by atoms with Gasteiger partial charge < -0.3 is 0 Å². The molecule has 0 aliphatic rings. The molecule has 0 unspecified atom stereocenters. The summed E-state index contributed by atoms with van der Waals surface area (Å²) in [6, 6.07) is 30.1. The van der Waals surface area contributed by atoms with Crippen molar-refractivity contribution in [3.05, 3.63) is 90.5 Å². The van der Waals surface area contributed by atoms with Gasteiger partial charge in [-0.1, -0.05) is 0 Å². The Kier molecular flexibility index (Phi) is 5.96. The molecule has 3 aromatic carbocycles. The molecule has 3 aromatic rings. The Morgan fingerprint density at radius 2 is 1.13 bits per heavy atom. The summed E-state index contributed by atoms with van der Waals surface area (Å²) in [6.45, 7) is 0. The molecule has 0 spiro atoms. The predicted octanol–water partition coefficient (Wildman–Crippen LogP) is 2.75. The molecule has 0 radical (unpaired) electrons. The van der Waals surface area contributed by atoms with Crippen LogP contribution in [0.3, 0.4) is 0 Å². The molecule has 0 atom stereocenters. The first-order chi connectivity index (χ1) is 11.4. The standard InChI is InChI=1S/C20H18OSe2/c1-21-19-15-9-8-14-18(19)20(22-16-10-4-2-5-11-16)23-17-12-6-3-7-13-17/h2-15,20H,1H3. The molecule has 3 heteroatoms. The monoisotopic (exact) mass is 434 g/mol. The van der Waals surface area contributed by atoms with Crippen molar-refractivity contribution in [2.75, 3.05) is 7.11 Å². The molecule has 3 rings (SSSR count). The van der Waals surface area contributed by atoms with Gasteiger partial charge in [-0.3, -0.25) is 0 Å². The van der Waals surface area contributed by atoms with Gasteiger partial charge >= 0.3 is 151 Å². The first-order valence-electron chi connectivity index (χ1n) is 7.43. The maximum absolute atomic E-state index is 5.62. The first-order valence-corrected chi connectivity index (χ1v) is 11.1. The molecule has 0 aliphatic heterocycles. The van der Waals surface area contributed by atoms with E-state index < -0.39 is 0 Å². The van der Waals surface area contributed by atoms with E-state index in [2.05, 4.69) is 78.9 Å². The summed E-state index contributed by atoms with van der Waals surface area (Å²) in [5.74, 6) is 1.01. The van der Waals surface area contributed by atoms with E-state index in [0.717, 1.165) is 5.75 Å². The summed E-state index contributed by atoms with van der Waals surface area (Å²) in [5, 5.41) is 0. The summed E-state index contributed by atoms with van der Waals surface area (Å²) in [5.41, 5.74) is 1.34. The van der Waals surface area contributed by atoms with Gasteiger partial charge in [0.2, 0.25) is 0 Å². The second-order valence-corrected chi connectivity index (χ2v) is 11.4. The molecule has 0 aliphatic carbocycles. The molecule has 23 heavy (non-hydrogen) atoms. The van der Waals surface area contributed by atoms with Gasteiger partial charge in [-0.15, -0.1) is 0 Å². The third-order valence-corrected chi connectivity index (χ3v) is 9.71. The molecule has 0 aromatic heterocycles. The minimum absolute atomic E-state index is 0.381. The number of rotatable bonds is 6. The zero-order valence-electron chi connectivity index (χ0n) is 12.9. The molecule has 0 saturated carbocycles.